The van der Waals surface area contributed by atoms with Crippen LogP contribution < -0.4 is 10.6 Å². The third-order valence-corrected chi connectivity index (χ3v) is 5.00. The molecule has 2 amide bonds. The van der Waals surface area contributed by atoms with Crippen molar-refractivity contribution >= 4 is 17.9 Å². The lowest BCUT2D eigenvalue weighted by molar-refractivity contribution is 0.0503. The Bertz CT molecular complexity index is 1140. The predicted octanol–water partition coefficient (Wildman–Crippen LogP) is 4.62. The monoisotopic (exact) mass is 478 g/mol. The molecule has 0 saturated heterocycles. The molecule has 0 radical (unpaired) electrons. The van der Waals surface area contributed by atoms with Gasteiger partial charge in [-0.3, -0.25) is 5.32 Å². The van der Waals surface area contributed by atoms with Gasteiger partial charge in [-0.25, -0.2) is 9.59 Å². The molecule has 184 valence electrons. The molecule has 1 heterocycles. The summed E-state index contributed by atoms with van der Waals surface area (Å²) >= 11 is 0. The molecule has 3 aromatic rings. The van der Waals surface area contributed by atoms with Crippen LogP contribution in [0.3, 0.4) is 0 Å². The molecule has 0 saturated carbocycles. The Morgan fingerprint density at radius 3 is 2.29 bits per heavy atom. The van der Waals surface area contributed by atoms with Crippen LogP contribution >= 0.6 is 0 Å². The van der Waals surface area contributed by atoms with Crippen LogP contribution in [0, 0.1) is 0 Å². The van der Waals surface area contributed by atoms with Gasteiger partial charge in [0.15, 0.2) is 0 Å². The van der Waals surface area contributed by atoms with E-state index in [0.29, 0.717) is 29.1 Å². The first-order chi connectivity index (χ1) is 16.7. The van der Waals surface area contributed by atoms with E-state index in [1.165, 1.54) is 7.11 Å². The lowest BCUT2D eigenvalue weighted by Gasteiger charge is -2.24. The number of nitrogens with zero attached hydrogens (tertiary/aromatic N) is 2. The van der Waals surface area contributed by atoms with Crippen LogP contribution in [0.25, 0.3) is 11.1 Å². The Balaban J connectivity index is 1.88. The molecule has 1 atom stereocenters. The van der Waals surface area contributed by atoms with E-state index >= 15 is 0 Å². The highest BCUT2D eigenvalue weighted by Gasteiger charge is 2.22. The molecule has 0 aliphatic heterocycles. The minimum atomic E-state index is -0.629. The van der Waals surface area contributed by atoms with Gasteiger partial charge in [0.05, 0.1) is 31.1 Å². The molecule has 0 fully saturated rings. The molecule has 1 unspecified atom stereocenters. The minimum absolute atomic E-state index is 0.289. The van der Waals surface area contributed by atoms with E-state index in [4.69, 9.17) is 4.74 Å². The molecule has 3 N–H and O–H groups in total. The average Bonchev–Trinajstić information content (AvgIpc) is 2.83. The summed E-state index contributed by atoms with van der Waals surface area (Å²) in [4.78, 5) is 23.9. The summed E-state index contributed by atoms with van der Waals surface area (Å²) in [5, 5.41) is 23.8. The first kappa shape index (κ1) is 25.6. The molecule has 9 nitrogen and oxygen atoms in total. The standard InChI is InChI=1S/C26H30N4O5/c1-26(2,3)35-25(33)28-22(18-8-6-5-7-9-18)15-20-14-21(23(16-31)30-29-20)17-10-12-19(13-11-17)27-24(32)34-4/h5-14,22,31H,15-16H2,1-4H3,(H,27,32)(H,28,33). The van der Waals surface area contributed by atoms with Crippen molar-refractivity contribution in [2.75, 3.05) is 12.4 Å². The van der Waals surface area contributed by atoms with Crippen molar-refractivity contribution in [3.63, 3.8) is 0 Å². The van der Waals surface area contributed by atoms with Crippen molar-refractivity contribution in [1.29, 1.82) is 0 Å². The van der Waals surface area contributed by atoms with Crippen LogP contribution in [0.1, 0.15) is 43.8 Å². The second-order valence-electron chi connectivity index (χ2n) is 8.86. The summed E-state index contributed by atoms with van der Waals surface area (Å²) in [6.45, 7) is 5.13. The van der Waals surface area contributed by atoms with Crippen LogP contribution in [0.2, 0.25) is 0 Å². The number of benzene rings is 2. The van der Waals surface area contributed by atoms with Gasteiger partial charge in [-0.2, -0.15) is 10.2 Å². The van der Waals surface area contributed by atoms with Crippen LogP contribution in [0.5, 0.6) is 0 Å². The van der Waals surface area contributed by atoms with Gasteiger partial charge < -0.3 is 19.9 Å². The fourth-order valence-electron chi connectivity index (χ4n) is 3.42. The number of rotatable bonds is 7. The van der Waals surface area contributed by atoms with Crippen molar-refractivity contribution in [2.45, 2.75) is 45.4 Å². The maximum absolute atomic E-state index is 12.5. The highest BCUT2D eigenvalue weighted by Crippen LogP contribution is 2.27. The van der Waals surface area contributed by atoms with E-state index < -0.39 is 23.8 Å². The smallest absolute Gasteiger partial charge is 0.411 e. The van der Waals surface area contributed by atoms with E-state index in [2.05, 4.69) is 25.6 Å². The third-order valence-electron chi connectivity index (χ3n) is 5.00. The lowest BCUT2D eigenvalue weighted by atomic mass is 9.99. The van der Waals surface area contributed by atoms with Crippen LogP contribution in [-0.2, 0) is 22.5 Å². The summed E-state index contributed by atoms with van der Waals surface area (Å²) in [7, 11) is 1.29. The first-order valence-electron chi connectivity index (χ1n) is 11.1. The minimum Gasteiger partial charge on any atom is -0.453 e. The molecule has 1 aromatic heterocycles. The number of ether oxygens (including phenoxy) is 2. The quantitative estimate of drug-likeness (QED) is 0.453. The van der Waals surface area contributed by atoms with Crippen LogP contribution in [0.4, 0.5) is 15.3 Å². The Morgan fingerprint density at radius 2 is 1.69 bits per heavy atom. The maximum Gasteiger partial charge on any atom is 0.411 e. The summed E-state index contributed by atoms with van der Waals surface area (Å²) < 4.78 is 10.1. The molecule has 0 aliphatic rings. The zero-order chi connectivity index (χ0) is 25.4. The summed E-state index contributed by atoms with van der Waals surface area (Å²) in [6.07, 6.45) is -0.733. The van der Waals surface area contributed by atoms with Gasteiger partial charge in [0.2, 0.25) is 0 Å². The van der Waals surface area contributed by atoms with Crippen molar-refractivity contribution < 1.29 is 24.2 Å². The fourth-order valence-corrected chi connectivity index (χ4v) is 3.42. The number of aromatic nitrogens is 2. The fraction of sp³-hybridized carbons (Fsp3) is 0.308. The van der Waals surface area contributed by atoms with Crippen LogP contribution in [-0.4, -0.2) is 40.2 Å². The van der Waals surface area contributed by atoms with Gasteiger partial charge in [-0.1, -0.05) is 42.5 Å². The van der Waals surface area contributed by atoms with Gasteiger partial charge in [0, 0.05) is 17.7 Å². The second kappa shape index (κ2) is 11.4. The number of nitrogens with one attached hydrogen (secondary N) is 2. The Kier molecular flexibility index (Phi) is 8.38. The number of hydrogen-bond donors (Lipinski definition) is 3. The molecule has 0 spiro atoms. The van der Waals surface area contributed by atoms with E-state index in [1.807, 2.05) is 36.4 Å². The molecular formula is C26H30N4O5. The van der Waals surface area contributed by atoms with Crippen molar-refractivity contribution in [1.82, 2.24) is 15.5 Å². The molecular weight excluding hydrogens is 448 g/mol. The Labute approximate surface area is 204 Å². The number of hydrogen-bond acceptors (Lipinski definition) is 7. The number of carbonyl (C=O) groups is 2. The number of amides is 2. The van der Waals surface area contributed by atoms with E-state index in [9.17, 15) is 14.7 Å². The van der Waals surface area contributed by atoms with Gasteiger partial charge >= 0.3 is 12.2 Å². The number of methoxy groups -OCH3 is 1. The van der Waals surface area contributed by atoms with Crippen LogP contribution in [0.15, 0.2) is 60.7 Å². The van der Waals surface area contributed by atoms with Crippen molar-refractivity contribution in [3.05, 3.63) is 77.6 Å². The highest BCUT2D eigenvalue weighted by molar-refractivity contribution is 5.85. The number of alkyl carbamates (subject to hydrolysis) is 1. The van der Waals surface area contributed by atoms with Gasteiger partial charge in [-0.15, -0.1) is 0 Å². The second-order valence-corrected chi connectivity index (χ2v) is 8.86. The molecule has 0 bridgehead atoms. The summed E-state index contributed by atoms with van der Waals surface area (Å²) in [5.41, 5.74) is 3.36. The molecule has 2 aromatic carbocycles. The van der Waals surface area contributed by atoms with Gasteiger partial charge in [0.1, 0.15) is 5.60 Å². The number of carbonyl (C=O) groups excluding carboxylic acids is 2. The molecule has 3 rings (SSSR count). The van der Waals surface area contributed by atoms with E-state index in [1.54, 1.807) is 45.0 Å². The van der Waals surface area contributed by atoms with Crippen molar-refractivity contribution in [3.8, 4) is 11.1 Å². The lowest BCUT2D eigenvalue weighted by Crippen LogP contribution is -2.35. The van der Waals surface area contributed by atoms with Gasteiger partial charge in [-0.05, 0) is 50.1 Å². The van der Waals surface area contributed by atoms with E-state index in [-0.39, 0.29) is 6.61 Å². The molecule has 0 aliphatic carbocycles. The normalized spacial score (nSPS) is 11.9. The largest absolute Gasteiger partial charge is 0.453 e. The maximum atomic E-state index is 12.5. The predicted molar refractivity (Wildman–Crippen MR) is 132 cm³/mol. The topological polar surface area (TPSA) is 123 Å². The zero-order valence-corrected chi connectivity index (χ0v) is 20.2. The third kappa shape index (κ3) is 7.51. The summed E-state index contributed by atoms with van der Waals surface area (Å²) in [5.74, 6) is 0. The molecule has 35 heavy (non-hydrogen) atoms. The number of aliphatic hydroxyl groups is 1. The first-order valence-corrected chi connectivity index (χ1v) is 11.1. The van der Waals surface area contributed by atoms with Crippen molar-refractivity contribution in [2.24, 2.45) is 0 Å². The molecule has 9 heteroatoms. The number of anilines is 1. The average molecular weight is 479 g/mol. The highest BCUT2D eigenvalue weighted by atomic mass is 16.6. The van der Waals surface area contributed by atoms with E-state index in [0.717, 1.165) is 11.1 Å². The number of aliphatic hydroxyl groups excluding tert-OH is 1. The Hall–Kier alpha value is -3.98. The van der Waals surface area contributed by atoms with Gasteiger partial charge in [0.25, 0.3) is 0 Å². The summed E-state index contributed by atoms with van der Waals surface area (Å²) in [6, 6.07) is 18.0. The SMILES string of the molecule is COC(=O)Nc1ccc(-c2cc(CC(NC(=O)OC(C)(C)C)c3ccccc3)nnc2CO)cc1. The zero-order valence-electron chi connectivity index (χ0n) is 20.2. The Morgan fingerprint density at radius 1 is 1.00 bits per heavy atom.